The fourth-order valence-electron chi connectivity index (χ4n) is 4.35. The van der Waals surface area contributed by atoms with Crippen molar-refractivity contribution in [1.82, 2.24) is 0 Å². The molecule has 2 aliphatic rings. The molecular formula is C15H26O. The molecule has 0 saturated heterocycles. The van der Waals surface area contributed by atoms with Crippen LogP contribution in [0.15, 0.2) is 12.2 Å². The van der Waals surface area contributed by atoms with Crippen LogP contribution in [0.25, 0.3) is 0 Å². The predicted octanol–water partition coefficient (Wildman–Crippen LogP) is 3.78. The van der Waals surface area contributed by atoms with E-state index in [1.807, 2.05) is 0 Å². The van der Waals surface area contributed by atoms with Gasteiger partial charge in [-0.05, 0) is 43.4 Å². The lowest BCUT2D eigenvalue weighted by atomic mass is 9.53. The van der Waals surface area contributed by atoms with E-state index in [0.717, 1.165) is 6.42 Å². The summed E-state index contributed by atoms with van der Waals surface area (Å²) in [5.74, 6) is 1.52. The normalized spacial score (nSPS) is 48.5. The molecule has 0 bridgehead atoms. The van der Waals surface area contributed by atoms with Crippen LogP contribution in [0.5, 0.6) is 0 Å². The van der Waals surface area contributed by atoms with Crippen LogP contribution >= 0.6 is 0 Å². The molecule has 0 unspecified atom stereocenters. The summed E-state index contributed by atoms with van der Waals surface area (Å²) >= 11 is 0. The van der Waals surface area contributed by atoms with Crippen LogP contribution in [0.1, 0.15) is 52.9 Å². The summed E-state index contributed by atoms with van der Waals surface area (Å²) in [7, 11) is 0. The monoisotopic (exact) mass is 222 g/mol. The van der Waals surface area contributed by atoms with E-state index in [0.29, 0.717) is 23.2 Å². The summed E-state index contributed by atoms with van der Waals surface area (Å²) < 4.78 is 0. The van der Waals surface area contributed by atoms with Crippen LogP contribution in [0.3, 0.4) is 0 Å². The van der Waals surface area contributed by atoms with Gasteiger partial charge in [-0.25, -0.2) is 0 Å². The molecule has 1 nitrogen and oxygen atoms in total. The van der Waals surface area contributed by atoms with E-state index >= 15 is 0 Å². The zero-order valence-electron chi connectivity index (χ0n) is 11.0. The third kappa shape index (κ3) is 1.84. The lowest BCUT2D eigenvalue weighted by Crippen LogP contribution is -2.50. The van der Waals surface area contributed by atoms with Gasteiger partial charge in [-0.3, -0.25) is 0 Å². The molecule has 0 aromatic carbocycles. The van der Waals surface area contributed by atoms with Crippen LogP contribution in [-0.4, -0.2) is 11.2 Å². The molecule has 0 radical (unpaired) electrons. The Kier molecular flexibility index (Phi) is 3.18. The van der Waals surface area contributed by atoms with Crippen molar-refractivity contribution in [2.45, 2.75) is 59.0 Å². The van der Waals surface area contributed by atoms with Gasteiger partial charge in [0, 0.05) is 5.92 Å². The van der Waals surface area contributed by atoms with Crippen LogP contribution in [0.4, 0.5) is 0 Å². The first-order valence-electron chi connectivity index (χ1n) is 6.79. The third-order valence-corrected chi connectivity index (χ3v) is 5.26. The van der Waals surface area contributed by atoms with Gasteiger partial charge in [0.25, 0.3) is 0 Å². The highest BCUT2D eigenvalue weighted by molar-refractivity contribution is 5.08. The highest BCUT2D eigenvalue weighted by atomic mass is 16.3. The van der Waals surface area contributed by atoms with Gasteiger partial charge in [0.1, 0.15) is 0 Å². The largest absolute Gasteiger partial charge is 0.392 e. The Hall–Kier alpha value is -0.300. The topological polar surface area (TPSA) is 20.2 Å². The highest BCUT2D eigenvalue weighted by Gasteiger charge is 2.49. The van der Waals surface area contributed by atoms with Crippen molar-refractivity contribution in [3.8, 4) is 0 Å². The number of rotatable bonds is 1. The van der Waals surface area contributed by atoms with E-state index in [4.69, 9.17) is 0 Å². The van der Waals surface area contributed by atoms with E-state index < -0.39 is 0 Å². The number of hydrogen-bond acceptors (Lipinski definition) is 1. The molecule has 2 fully saturated rings. The molecule has 2 aliphatic carbocycles. The molecule has 16 heavy (non-hydrogen) atoms. The summed E-state index contributed by atoms with van der Waals surface area (Å²) in [5, 5.41) is 10.6. The fraction of sp³-hybridized carbons (Fsp3) is 0.867. The Balaban J connectivity index is 2.23. The molecule has 2 rings (SSSR count). The Bertz CT molecular complexity index is 283. The second-order valence-electron chi connectivity index (χ2n) is 6.53. The van der Waals surface area contributed by atoms with Crippen molar-refractivity contribution >= 4 is 0 Å². The lowest BCUT2D eigenvalue weighted by molar-refractivity contribution is -0.0934. The summed E-state index contributed by atoms with van der Waals surface area (Å²) in [5.41, 5.74) is 1.57. The van der Waals surface area contributed by atoms with Gasteiger partial charge in [-0.1, -0.05) is 38.8 Å². The first kappa shape index (κ1) is 12.2. The van der Waals surface area contributed by atoms with Gasteiger partial charge in [-0.15, -0.1) is 0 Å². The maximum absolute atomic E-state index is 10.6. The molecule has 0 spiro atoms. The van der Waals surface area contributed by atoms with E-state index in [1.54, 1.807) is 0 Å². The van der Waals surface area contributed by atoms with Crippen molar-refractivity contribution in [2.24, 2.45) is 23.2 Å². The van der Waals surface area contributed by atoms with Crippen LogP contribution in [0.2, 0.25) is 0 Å². The SMILES string of the molecule is C=C(C)[C@H]1CC[C@@]2(C)CCC[C@H](C)[C@H]2[C@H]1O. The Morgan fingerprint density at radius 1 is 1.31 bits per heavy atom. The first-order valence-corrected chi connectivity index (χ1v) is 6.79. The zero-order valence-corrected chi connectivity index (χ0v) is 11.0. The minimum atomic E-state index is -0.147. The molecule has 1 N–H and O–H groups in total. The van der Waals surface area contributed by atoms with Crippen molar-refractivity contribution in [3.63, 3.8) is 0 Å². The van der Waals surface area contributed by atoms with Crippen LogP contribution < -0.4 is 0 Å². The standard InChI is InChI=1S/C15H26O/c1-10(2)12-7-9-15(4)8-5-6-11(3)13(15)14(12)16/h11-14,16H,1,5-9H2,2-4H3/t11-,12+,13-,14-,15+/m0/s1. The summed E-state index contributed by atoms with van der Waals surface area (Å²) in [6, 6.07) is 0. The minimum absolute atomic E-state index is 0.147. The molecule has 0 aromatic rings. The Labute approximate surface area is 99.9 Å². The molecule has 2 saturated carbocycles. The number of aliphatic hydroxyl groups is 1. The van der Waals surface area contributed by atoms with Gasteiger partial charge in [-0.2, -0.15) is 0 Å². The average Bonchev–Trinajstić information content (AvgIpc) is 2.16. The van der Waals surface area contributed by atoms with Crippen LogP contribution in [0, 0.1) is 23.2 Å². The number of aliphatic hydroxyl groups excluding tert-OH is 1. The molecule has 5 atom stereocenters. The third-order valence-electron chi connectivity index (χ3n) is 5.26. The van der Waals surface area contributed by atoms with Gasteiger partial charge < -0.3 is 5.11 Å². The van der Waals surface area contributed by atoms with E-state index in [9.17, 15) is 5.11 Å². The predicted molar refractivity (Wildman–Crippen MR) is 68.2 cm³/mol. The second kappa shape index (κ2) is 4.18. The molecule has 0 aromatic heterocycles. The van der Waals surface area contributed by atoms with Gasteiger partial charge in [0.15, 0.2) is 0 Å². The Morgan fingerprint density at radius 3 is 2.62 bits per heavy atom. The molecule has 0 heterocycles. The van der Waals surface area contributed by atoms with Crippen LogP contribution in [-0.2, 0) is 0 Å². The minimum Gasteiger partial charge on any atom is -0.392 e. The van der Waals surface area contributed by atoms with E-state index in [1.165, 1.54) is 31.3 Å². The molecular weight excluding hydrogens is 196 g/mol. The maximum Gasteiger partial charge on any atom is 0.0641 e. The van der Waals surface area contributed by atoms with Crippen molar-refractivity contribution in [3.05, 3.63) is 12.2 Å². The van der Waals surface area contributed by atoms with Gasteiger partial charge in [0.2, 0.25) is 0 Å². The smallest absolute Gasteiger partial charge is 0.0641 e. The quantitative estimate of drug-likeness (QED) is 0.669. The zero-order chi connectivity index (χ0) is 11.9. The first-order chi connectivity index (χ1) is 7.46. The van der Waals surface area contributed by atoms with E-state index in [2.05, 4.69) is 27.4 Å². The Morgan fingerprint density at radius 2 is 2.00 bits per heavy atom. The summed E-state index contributed by atoms with van der Waals surface area (Å²) in [4.78, 5) is 0. The number of fused-ring (bicyclic) bond motifs is 1. The highest BCUT2D eigenvalue weighted by Crippen LogP contribution is 2.54. The van der Waals surface area contributed by atoms with Gasteiger partial charge >= 0.3 is 0 Å². The van der Waals surface area contributed by atoms with E-state index in [-0.39, 0.29) is 6.10 Å². The average molecular weight is 222 g/mol. The van der Waals surface area contributed by atoms with Crippen molar-refractivity contribution < 1.29 is 5.11 Å². The summed E-state index contributed by atoms with van der Waals surface area (Å²) in [6.07, 6.45) is 6.21. The van der Waals surface area contributed by atoms with Crippen molar-refractivity contribution in [2.75, 3.05) is 0 Å². The second-order valence-corrected chi connectivity index (χ2v) is 6.53. The molecule has 0 amide bonds. The molecule has 92 valence electrons. The molecule has 0 aliphatic heterocycles. The summed E-state index contributed by atoms with van der Waals surface area (Å²) in [6.45, 7) is 10.8. The molecule has 1 heteroatoms. The maximum atomic E-state index is 10.6. The number of hydrogen-bond donors (Lipinski definition) is 1. The van der Waals surface area contributed by atoms with Gasteiger partial charge in [0.05, 0.1) is 6.10 Å². The fourth-order valence-corrected chi connectivity index (χ4v) is 4.35. The lowest BCUT2D eigenvalue weighted by Gasteiger charge is -2.53. The van der Waals surface area contributed by atoms with Crippen molar-refractivity contribution in [1.29, 1.82) is 0 Å².